The van der Waals surface area contributed by atoms with Gasteiger partial charge in [0, 0.05) is 6.07 Å². The highest BCUT2D eigenvalue weighted by Gasteiger charge is 2.06. The first kappa shape index (κ1) is 10.9. The lowest BCUT2D eigenvalue weighted by atomic mass is 10.3. The molecule has 0 aliphatic carbocycles. The molecule has 1 aromatic rings. The molecule has 0 aromatic heterocycles. The molecule has 0 amide bonds. The Balaban J connectivity index is 2.39. The van der Waals surface area contributed by atoms with Crippen LogP contribution in [-0.4, -0.2) is 14.7 Å². The molecule has 1 radical (unpaired) electrons. The molecule has 2 heteroatoms. The van der Waals surface area contributed by atoms with Crippen molar-refractivity contribution in [3.05, 3.63) is 30.3 Å². The third-order valence-corrected chi connectivity index (χ3v) is 2.37. The molecule has 0 atom stereocenters. The summed E-state index contributed by atoms with van der Waals surface area (Å²) >= 11 is 0. The van der Waals surface area contributed by atoms with E-state index in [4.69, 9.17) is 4.74 Å². The largest absolute Gasteiger partial charge is 0.480 e. The second-order valence-electron chi connectivity index (χ2n) is 4.07. The molecule has 0 spiro atoms. The van der Waals surface area contributed by atoms with Crippen molar-refractivity contribution in [3.8, 4) is 17.2 Å². The first-order valence-corrected chi connectivity index (χ1v) is 8.17. The van der Waals surface area contributed by atoms with E-state index in [1.807, 2.05) is 24.3 Å². The molecule has 0 fully saturated rings. The third kappa shape index (κ3) is 4.73. The Labute approximate surface area is 87.1 Å². The van der Waals surface area contributed by atoms with Crippen LogP contribution in [0.5, 0.6) is 5.75 Å². The number of hydrogen-bond donors (Lipinski definition) is 0. The minimum Gasteiger partial charge on any atom is -0.480 e. The van der Waals surface area contributed by atoms with Crippen molar-refractivity contribution in [2.24, 2.45) is 0 Å². The van der Waals surface area contributed by atoms with Crippen LogP contribution < -0.4 is 4.74 Å². The van der Waals surface area contributed by atoms with E-state index in [1.165, 1.54) is 0 Å². The van der Waals surface area contributed by atoms with Crippen molar-refractivity contribution in [1.29, 1.82) is 0 Å². The Morgan fingerprint density at radius 3 is 2.71 bits per heavy atom. The van der Waals surface area contributed by atoms with Gasteiger partial charge in [0.1, 0.15) is 20.4 Å². The minimum atomic E-state index is -1.25. The van der Waals surface area contributed by atoms with Gasteiger partial charge >= 0.3 is 0 Å². The van der Waals surface area contributed by atoms with E-state index < -0.39 is 8.07 Å². The Kier molecular flexibility index (Phi) is 3.79. The Morgan fingerprint density at radius 1 is 1.36 bits per heavy atom. The van der Waals surface area contributed by atoms with Gasteiger partial charge in [0.2, 0.25) is 0 Å². The van der Waals surface area contributed by atoms with Crippen molar-refractivity contribution in [2.75, 3.05) is 6.61 Å². The summed E-state index contributed by atoms with van der Waals surface area (Å²) in [5.41, 5.74) is 3.24. The second-order valence-corrected chi connectivity index (χ2v) is 8.82. The predicted octanol–water partition coefficient (Wildman–Crippen LogP) is 2.75. The normalized spacial score (nSPS) is 10.2. The standard InChI is InChI=1S/C12H15OSi/c1-14(2,3)11-7-10-13-12-8-5-4-6-9-12/h4-6,8H,10H2,1-3H3. The van der Waals surface area contributed by atoms with E-state index in [2.05, 4.69) is 37.2 Å². The van der Waals surface area contributed by atoms with Crippen molar-refractivity contribution >= 4 is 8.07 Å². The summed E-state index contributed by atoms with van der Waals surface area (Å²) in [6.07, 6.45) is 0. The molecule has 0 N–H and O–H groups in total. The maximum Gasteiger partial charge on any atom is 0.148 e. The topological polar surface area (TPSA) is 9.23 Å². The molecule has 1 rings (SSSR count). The highest BCUT2D eigenvalue weighted by Crippen LogP contribution is 2.06. The Hall–Kier alpha value is -1.20. The molecule has 73 valence electrons. The van der Waals surface area contributed by atoms with Gasteiger partial charge in [0.25, 0.3) is 0 Å². The highest BCUT2D eigenvalue weighted by molar-refractivity contribution is 6.83. The molecule has 14 heavy (non-hydrogen) atoms. The highest BCUT2D eigenvalue weighted by atomic mass is 28.3. The first-order chi connectivity index (χ1) is 6.58. The molecule has 0 saturated carbocycles. The lowest BCUT2D eigenvalue weighted by molar-refractivity contribution is 0.369. The molecule has 1 aromatic carbocycles. The van der Waals surface area contributed by atoms with Crippen LogP contribution in [0.3, 0.4) is 0 Å². The van der Waals surface area contributed by atoms with Gasteiger partial charge in [-0.3, -0.25) is 0 Å². The molecule has 0 aliphatic rings. The van der Waals surface area contributed by atoms with E-state index in [0.717, 1.165) is 5.75 Å². The van der Waals surface area contributed by atoms with E-state index in [9.17, 15) is 0 Å². The number of hydrogen-bond acceptors (Lipinski definition) is 1. The summed E-state index contributed by atoms with van der Waals surface area (Å²) in [6.45, 7) is 7.11. The van der Waals surface area contributed by atoms with Gasteiger partial charge < -0.3 is 4.74 Å². The summed E-state index contributed by atoms with van der Waals surface area (Å²) in [4.78, 5) is 0. The van der Waals surface area contributed by atoms with Crippen LogP contribution in [0.25, 0.3) is 0 Å². The number of benzene rings is 1. The summed E-state index contributed by atoms with van der Waals surface area (Å²) in [5.74, 6) is 3.80. The van der Waals surface area contributed by atoms with Crippen LogP contribution in [0.4, 0.5) is 0 Å². The van der Waals surface area contributed by atoms with Crippen molar-refractivity contribution in [1.82, 2.24) is 0 Å². The lowest BCUT2D eigenvalue weighted by Gasteiger charge is -2.04. The average molecular weight is 203 g/mol. The molecular formula is C12H15OSi. The molecule has 0 saturated heterocycles. The second kappa shape index (κ2) is 4.87. The fourth-order valence-corrected chi connectivity index (χ4v) is 1.48. The van der Waals surface area contributed by atoms with Gasteiger partial charge in [0.15, 0.2) is 0 Å². The number of para-hydroxylation sites is 1. The SMILES string of the molecule is C[Si](C)(C)C#CCOc1[c]cccc1. The van der Waals surface area contributed by atoms with E-state index in [-0.39, 0.29) is 0 Å². The van der Waals surface area contributed by atoms with E-state index in [1.54, 1.807) is 0 Å². The van der Waals surface area contributed by atoms with Gasteiger partial charge in [-0.1, -0.05) is 43.8 Å². The van der Waals surface area contributed by atoms with Crippen LogP contribution in [-0.2, 0) is 0 Å². The summed E-state index contributed by atoms with van der Waals surface area (Å²) in [7, 11) is -1.25. The van der Waals surface area contributed by atoms with Gasteiger partial charge in [-0.05, 0) is 6.07 Å². The zero-order valence-corrected chi connectivity index (χ0v) is 9.92. The van der Waals surface area contributed by atoms with Gasteiger partial charge in [-0.15, -0.1) is 5.54 Å². The molecule has 0 heterocycles. The van der Waals surface area contributed by atoms with Crippen molar-refractivity contribution < 1.29 is 4.74 Å². The lowest BCUT2D eigenvalue weighted by Crippen LogP contribution is -2.16. The summed E-state index contributed by atoms with van der Waals surface area (Å²) in [6, 6.07) is 10.6. The molecule has 1 nitrogen and oxygen atoms in total. The van der Waals surface area contributed by atoms with Gasteiger partial charge in [-0.25, -0.2) is 0 Å². The van der Waals surface area contributed by atoms with Crippen molar-refractivity contribution in [3.63, 3.8) is 0 Å². The summed E-state index contributed by atoms with van der Waals surface area (Å²) < 4.78 is 5.39. The predicted molar refractivity (Wildman–Crippen MR) is 61.9 cm³/mol. The third-order valence-electron chi connectivity index (χ3n) is 1.44. The maximum absolute atomic E-state index is 5.39. The monoisotopic (exact) mass is 203 g/mol. The van der Waals surface area contributed by atoms with Crippen LogP contribution in [0.1, 0.15) is 0 Å². The molecule has 0 aliphatic heterocycles. The van der Waals surface area contributed by atoms with Crippen LogP contribution in [0.2, 0.25) is 19.6 Å². The fraction of sp³-hybridized carbons (Fsp3) is 0.333. The fourth-order valence-electron chi connectivity index (χ4n) is 0.882. The quantitative estimate of drug-likeness (QED) is 0.530. The Bertz CT molecular complexity index is 327. The van der Waals surface area contributed by atoms with Crippen LogP contribution >= 0.6 is 0 Å². The number of ether oxygens (including phenoxy) is 1. The van der Waals surface area contributed by atoms with Crippen LogP contribution in [0.15, 0.2) is 24.3 Å². The van der Waals surface area contributed by atoms with Crippen LogP contribution in [0, 0.1) is 17.5 Å². The first-order valence-electron chi connectivity index (χ1n) is 4.67. The zero-order valence-electron chi connectivity index (χ0n) is 8.92. The van der Waals surface area contributed by atoms with Crippen molar-refractivity contribution in [2.45, 2.75) is 19.6 Å². The molecule has 0 unspecified atom stereocenters. The average Bonchev–Trinajstić information content (AvgIpc) is 2.13. The van der Waals surface area contributed by atoms with E-state index in [0.29, 0.717) is 6.61 Å². The number of rotatable bonds is 2. The maximum atomic E-state index is 5.39. The van der Waals surface area contributed by atoms with Gasteiger partial charge in [-0.2, -0.15) is 0 Å². The minimum absolute atomic E-state index is 0.463. The van der Waals surface area contributed by atoms with E-state index >= 15 is 0 Å². The summed E-state index contributed by atoms with van der Waals surface area (Å²) in [5, 5.41) is 0. The zero-order chi connectivity index (χ0) is 10.4. The van der Waals surface area contributed by atoms with Gasteiger partial charge in [0.05, 0.1) is 0 Å². The molecule has 0 bridgehead atoms. The smallest absolute Gasteiger partial charge is 0.148 e. The molecular weight excluding hydrogens is 188 g/mol. The Morgan fingerprint density at radius 2 is 2.14 bits per heavy atom.